The number of hydrogen-bond donors (Lipinski definition) is 10. The number of likely N-dealkylation sites (tertiary alicyclic amines) is 2. The Kier molecular flexibility index (Phi) is 17.7. The van der Waals surface area contributed by atoms with Crippen LogP contribution in [0.1, 0.15) is 62.5 Å². The van der Waals surface area contributed by atoms with Crippen LogP contribution >= 0.6 is 0 Å². The standard InChI is InChI=1S/C41H55N9O12/c42-26(20-23-6-2-1-3-7-23)39(59)49-18-4-8-31(49)38(58)48-30(22-51)36(56)45-27(14-16-33(43)53)35(55)46-28(15-17-34(44)54)40(60)50-19-5-9-32(50)37(57)47-29(41(61)62)21-24-10-12-25(52)13-11-24/h1-3,6-7,10-13,26-32,51-52H,4-5,8-9,14-22,42H2,(H2,43,53)(H2,44,54)(H,45,56)(H,46,55)(H,47,57)(H,48,58)(H,61,62)/t26-,27-,28-,29-,30-,31-,32-/m0/s1. The molecule has 2 aliphatic rings. The summed E-state index contributed by atoms with van der Waals surface area (Å²) in [6, 6.07) is 5.51. The monoisotopic (exact) mass is 865 g/mol. The maximum atomic E-state index is 14.0. The molecule has 0 aliphatic carbocycles. The van der Waals surface area contributed by atoms with Gasteiger partial charge in [0.25, 0.3) is 0 Å². The lowest BCUT2D eigenvalue weighted by Crippen LogP contribution is -2.60. The molecule has 0 unspecified atom stereocenters. The van der Waals surface area contributed by atoms with Crippen molar-refractivity contribution in [3.05, 3.63) is 65.7 Å². The van der Waals surface area contributed by atoms with Crippen molar-refractivity contribution in [3.8, 4) is 5.75 Å². The summed E-state index contributed by atoms with van der Waals surface area (Å²) in [4.78, 5) is 120. The highest BCUT2D eigenvalue weighted by molar-refractivity contribution is 5.97. The second-order valence-corrected chi connectivity index (χ2v) is 15.3. The smallest absolute Gasteiger partial charge is 0.326 e. The molecule has 21 heteroatoms. The third-order valence-electron chi connectivity index (χ3n) is 10.7. The number of carboxylic acid groups (broad SMARTS) is 1. The number of nitrogens with two attached hydrogens (primary N) is 3. The summed E-state index contributed by atoms with van der Waals surface area (Å²) in [5, 5.41) is 39.3. The Balaban J connectivity index is 1.44. The number of carbonyl (C=O) groups is 9. The number of hydrogen-bond acceptors (Lipinski definition) is 12. The van der Waals surface area contributed by atoms with Gasteiger partial charge in [0, 0.05) is 32.4 Å². The lowest BCUT2D eigenvalue weighted by atomic mass is 10.0. The van der Waals surface area contributed by atoms with Crippen molar-refractivity contribution in [3.63, 3.8) is 0 Å². The number of rotatable bonds is 22. The number of aliphatic hydroxyl groups excluding tert-OH is 1. The van der Waals surface area contributed by atoms with Crippen LogP contribution in [0.5, 0.6) is 5.75 Å². The van der Waals surface area contributed by atoms with Gasteiger partial charge in [-0.05, 0) is 68.2 Å². The molecule has 0 spiro atoms. The summed E-state index contributed by atoms with van der Waals surface area (Å²) in [7, 11) is 0. The lowest BCUT2D eigenvalue weighted by molar-refractivity contribution is -0.145. The van der Waals surface area contributed by atoms with Crippen molar-refractivity contribution in [2.24, 2.45) is 17.2 Å². The van der Waals surface area contributed by atoms with Gasteiger partial charge in [-0.1, -0.05) is 42.5 Å². The Labute approximate surface area is 357 Å². The maximum absolute atomic E-state index is 14.0. The van der Waals surface area contributed by atoms with Crippen molar-refractivity contribution in [2.75, 3.05) is 19.7 Å². The summed E-state index contributed by atoms with van der Waals surface area (Å²) in [6.07, 6.45) is -0.305. The predicted octanol–water partition coefficient (Wildman–Crippen LogP) is -2.97. The number of aliphatic hydroxyl groups is 1. The third-order valence-corrected chi connectivity index (χ3v) is 10.7. The van der Waals surface area contributed by atoms with Crippen LogP contribution in [0.15, 0.2) is 54.6 Å². The zero-order valence-corrected chi connectivity index (χ0v) is 34.1. The molecule has 13 N–H and O–H groups in total. The Morgan fingerprint density at radius 1 is 0.629 bits per heavy atom. The molecule has 8 amide bonds. The number of benzene rings is 2. The molecular formula is C41H55N9O12. The van der Waals surface area contributed by atoms with Gasteiger partial charge in [0.05, 0.1) is 12.6 Å². The zero-order valence-electron chi connectivity index (χ0n) is 34.1. The third kappa shape index (κ3) is 13.7. The Morgan fingerprint density at radius 2 is 1.11 bits per heavy atom. The SMILES string of the molecule is NC(=O)CC[C@H](NC(=O)[C@H](CO)NC(=O)[C@@H]1CCCN1C(=O)[C@@H](N)Cc1ccccc1)C(=O)N[C@@H](CCC(N)=O)C(=O)N1CCC[C@H]1C(=O)N[C@@H](Cc1ccc(O)cc1)C(=O)O. The normalized spacial score (nSPS) is 18.4. The van der Waals surface area contributed by atoms with Crippen LogP contribution in [-0.4, -0.2) is 140 Å². The Hall–Kier alpha value is -6.61. The number of nitrogens with one attached hydrogen (secondary N) is 4. The number of carboxylic acids is 1. The average molecular weight is 866 g/mol. The van der Waals surface area contributed by atoms with Crippen molar-refractivity contribution >= 4 is 53.2 Å². The van der Waals surface area contributed by atoms with Gasteiger partial charge >= 0.3 is 5.97 Å². The van der Waals surface area contributed by atoms with Gasteiger partial charge in [0.1, 0.15) is 42.0 Å². The highest BCUT2D eigenvalue weighted by Crippen LogP contribution is 2.22. The number of phenols is 1. The molecule has 62 heavy (non-hydrogen) atoms. The topological polar surface area (TPSA) is 347 Å². The minimum absolute atomic E-state index is 0.0261. The number of primary amides is 2. The summed E-state index contributed by atoms with van der Waals surface area (Å²) >= 11 is 0. The van der Waals surface area contributed by atoms with Crippen molar-refractivity contribution < 1.29 is 58.5 Å². The van der Waals surface area contributed by atoms with E-state index >= 15 is 0 Å². The van der Waals surface area contributed by atoms with Crippen LogP contribution in [0, 0.1) is 0 Å². The average Bonchev–Trinajstić information content (AvgIpc) is 3.94. The van der Waals surface area contributed by atoms with E-state index in [9.17, 15) is 58.5 Å². The van der Waals surface area contributed by atoms with E-state index in [1.807, 2.05) is 18.2 Å². The van der Waals surface area contributed by atoms with Gasteiger partial charge in [-0.2, -0.15) is 0 Å². The summed E-state index contributed by atoms with van der Waals surface area (Å²) in [6.45, 7) is -0.683. The number of aliphatic carboxylic acids is 1. The number of aromatic hydroxyl groups is 1. The summed E-state index contributed by atoms with van der Waals surface area (Å²) < 4.78 is 0. The fourth-order valence-electron chi connectivity index (χ4n) is 7.42. The van der Waals surface area contributed by atoms with Crippen LogP contribution in [0.4, 0.5) is 0 Å². The first-order valence-corrected chi connectivity index (χ1v) is 20.3. The first-order valence-electron chi connectivity index (χ1n) is 20.3. The van der Waals surface area contributed by atoms with Crippen molar-refractivity contribution in [1.29, 1.82) is 0 Å². The van der Waals surface area contributed by atoms with E-state index in [0.717, 1.165) is 10.5 Å². The van der Waals surface area contributed by atoms with E-state index in [4.69, 9.17) is 17.2 Å². The Morgan fingerprint density at radius 3 is 1.65 bits per heavy atom. The van der Waals surface area contributed by atoms with E-state index < -0.39 is 121 Å². The van der Waals surface area contributed by atoms with Crippen LogP contribution in [-0.2, 0) is 56.0 Å². The molecule has 2 fully saturated rings. The van der Waals surface area contributed by atoms with Gasteiger partial charge in [-0.25, -0.2) is 4.79 Å². The molecule has 0 bridgehead atoms. The zero-order chi connectivity index (χ0) is 45.5. The number of phenolic OH excluding ortho intramolecular Hbond substituents is 1. The fraction of sp³-hybridized carbons (Fsp3) is 0.488. The lowest BCUT2D eigenvalue weighted by Gasteiger charge is -2.30. The van der Waals surface area contributed by atoms with Gasteiger partial charge < -0.3 is 63.6 Å². The molecule has 0 radical (unpaired) electrons. The quantitative estimate of drug-likeness (QED) is 0.0566. The van der Waals surface area contributed by atoms with Crippen LogP contribution < -0.4 is 38.5 Å². The van der Waals surface area contributed by atoms with Gasteiger partial charge in [-0.15, -0.1) is 0 Å². The molecule has 2 aromatic carbocycles. The van der Waals surface area contributed by atoms with Crippen LogP contribution in [0.25, 0.3) is 0 Å². The van der Waals surface area contributed by atoms with Crippen LogP contribution in [0.3, 0.4) is 0 Å². The van der Waals surface area contributed by atoms with E-state index in [2.05, 4.69) is 21.3 Å². The largest absolute Gasteiger partial charge is 0.508 e. The van der Waals surface area contributed by atoms with Gasteiger partial charge in [0.2, 0.25) is 47.3 Å². The fourth-order valence-corrected chi connectivity index (χ4v) is 7.42. The Bertz CT molecular complexity index is 1950. The number of carbonyl (C=O) groups excluding carboxylic acids is 8. The summed E-state index contributed by atoms with van der Waals surface area (Å²) in [5.41, 5.74) is 18.2. The molecule has 21 nitrogen and oxygen atoms in total. The number of amides is 8. The molecule has 336 valence electrons. The predicted molar refractivity (Wildman–Crippen MR) is 219 cm³/mol. The van der Waals surface area contributed by atoms with Gasteiger partial charge in [0.15, 0.2) is 0 Å². The van der Waals surface area contributed by atoms with E-state index in [1.165, 1.54) is 29.2 Å². The first-order chi connectivity index (χ1) is 29.5. The molecule has 2 aliphatic heterocycles. The second kappa shape index (κ2) is 22.8. The molecule has 4 rings (SSSR count). The van der Waals surface area contributed by atoms with Crippen molar-refractivity contribution in [2.45, 2.75) is 107 Å². The summed E-state index contributed by atoms with van der Waals surface area (Å²) in [5.74, 6) is -7.98. The number of nitrogens with zero attached hydrogens (tertiary/aromatic N) is 2. The highest BCUT2D eigenvalue weighted by atomic mass is 16.4. The molecule has 2 saturated heterocycles. The van der Waals surface area contributed by atoms with Gasteiger partial charge in [-0.3, -0.25) is 38.4 Å². The minimum Gasteiger partial charge on any atom is -0.508 e. The second-order valence-electron chi connectivity index (χ2n) is 15.3. The molecule has 2 aromatic rings. The van der Waals surface area contributed by atoms with E-state index in [1.54, 1.807) is 12.1 Å². The maximum Gasteiger partial charge on any atom is 0.326 e. The van der Waals surface area contributed by atoms with E-state index in [-0.39, 0.29) is 50.9 Å². The van der Waals surface area contributed by atoms with Crippen LogP contribution in [0.2, 0.25) is 0 Å². The first kappa shape index (κ1) is 48.1. The molecule has 7 atom stereocenters. The molecule has 2 heterocycles. The molecule has 0 aromatic heterocycles. The molecular weight excluding hydrogens is 811 g/mol. The van der Waals surface area contributed by atoms with E-state index in [0.29, 0.717) is 18.4 Å². The van der Waals surface area contributed by atoms with Crippen molar-refractivity contribution in [1.82, 2.24) is 31.1 Å². The highest BCUT2D eigenvalue weighted by Gasteiger charge is 2.41. The minimum atomic E-state index is -1.64. The molecule has 0 saturated carbocycles.